The van der Waals surface area contributed by atoms with E-state index in [1.54, 1.807) is 12.1 Å². The minimum absolute atomic E-state index is 0.102. The highest BCUT2D eigenvalue weighted by Crippen LogP contribution is 2.33. The Balaban J connectivity index is 1.44. The average molecular weight is 476 g/mol. The first-order chi connectivity index (χ1) is 15.9. The van der Waals surface area contributed by atoms with Crippen molar-refractivity contribution in [3.05, 3.63) is 22.3 Å². The Bertz CT molecular complexity index is 1110. The summed E-state index contributed by atoms with van der Waals surface area (Å²) in [6.45, 7) is 0.627. The first-order valence-corrected chi connectivity index (χ1v) is 11.8. The predicted molar refractivity (Wildman–Crippen MR) is 120 cm³/mol. The van der Waals surface area contributed by atoms with Gasteiger partial charge >= 0.3 is 0 Å². The molecule has 3 amide bonds. The summed E-state index contributed by atoms with van der Waals surface area (Å²) in [6.07, 6.45) is 6.25. The van der Waals surface area contributed by atoms with E-state index >= 15 is 0 Å². The molecule has 1 aromatic heterocycles. The summed E-state index contributed by atoms with van der Waals surface area (Å²) < 4.78 is 14.3. The molecule has 0 bridgehead atoms. The number of nitrogens with zero attached hydrogens (tertiary/aromatic N) is 1. The highest BCUT2D eigenvalue weighted by atomic mass is 35.5. The normalized spacial score (nSPS) is 23.9. The third-order valence-electron chi connectivity index (χ3n) is 6.43. The van der Waals surface area contributed by atoms with Crippen molar-refractivity contribution in [3.63, 3.8) is 0 Å². The minimum atomic E-state index is -0.833. The molecule has 3 aliphatic rings. The smallest absolute Gasteiger partial charge is 0.268 e. The number of nitriles is 1. The fourth-order valence-corrected chi connectivity index (χ4v) is 4.56. The molecule has 4 N–H and O–H groups in total. The molecule has 0 aromatic carbocycles. The lowest BCUT2D eigenvalue weighted by molar-refractivity contribution is -0.128. The van der Waals surface area contributed by atoms with Gasteiger partial charge in [-0.05, 0) is 49.3 Å². The lowest BCUT2D eigenvalue weighted by atomic mass is 9.92. The first kappa shape index (κ1) is 23.3. The van der Waals surface area contributed by atoms with Gasteiger partial charge in [0.25, 0.3) is 5.91 Å². The van der Waals surface area contributed by atoms with Crippen molar-refractivity contribution in [2.75, 3.05) is 6.54 Å². The highest BCUT2D eigenvalue weighted by molar-refractivity contribution is 6.25. The van der Waals surface area contributed by atoms with Crippen molar-refractivity contribution in [2.24, 2.45) is 11.8 Å². The molecule has 4 rings (SSSR count). The largest absolute Gasteiger partial charge is 0.356 e. The highest BCUT2D eigenvalue weighted by Gasteiger charge is 2.33. The van der Waals surface area contributed by atoms with E-state index in [4.69, 9.17) is 11.6 Å². The van der Waals surface area contributed by atoms with E-state index in [0.29, 0.717) is 36.9 Å². The van der Waals surface area contributed by atoms with Crippen molar-refractivity contribution < 1.29 is 18.8 Å². The standard InChI is InChI=1S/C23H27ClFN5O3/c24-16-6-5-13-10-18(29-20(13)19(16)25)23(33)30-17(8-12-3-4-12)22(32)28-15(11-26)9-14-2-1-7-27-21(14)31/h5,10,12,14-17,29H,1-4,6-9H2,(H,27,31)(H,28,32)(H,30,33)/t14-,15-,16?,17-/m0/s1. The lowest BCUT2D eigenvalue weighted by Crippen LogP contribution is -2.50. The van der Waals surface area contributed by atoms with Gasteiger partial charge in [-0.2, -0.15) is 5.26 Å². The van der Waals surface area contributed by atoms with Crippen LogP contribution in [-0.4, -0.2) is 46.7 Å². The Hall–Kier alpha value is -2.86. The molecule has 0 spiro atoms. The number of H-pyrrole nitrogens is 1. The summed E-state index contributed by atoms with van der Waals surface area (Å²) in [5.41, 5.74) is 0.140. The Kier molecular flexibility index (Phi) is 7.03. The van der Waals surface area contributed by atoms with E-state index in [2.05, 4.69) is 27.0 Å². The number of piperidine rings is 1. The summed E-state index contributed by atoms with van der Waals surface area (Å²) in [5, 5.41) is 17.7. The maximum absolute atomic E-state index is 14.3. The molecule has 2 aliphatic carbocycles. The summed E-state index contributed by atoms with van der Waals surface area (Å²) in [5.74, 6) is -1.59. The monoisotopic (exact) mass is 475 g/mol. The number of halogens is 2. The molecule has 176 valence electrons. The van der Waals surface area contributed by atoms with Gasteiger partial charge in [-0.25, -0.2) is 4.39 Å². The average Bonchev–Trinajstić information content (AvgIpc) is 3.51. The zero-order chi connectivity index (χ0) is 23.5. The van der Waals surface area contributed by atoms with Crippen LogP contribution in [0.5, 0.6) is 0 Å². The summed E-state index contributed by atoms with van der Waals surface area (Å²) in [4.78, 5) is 40.6. The molecule has 2 heterocycles. The van der Waals surface area contributed by atoms with Gasteiger partial charge in [0.05, 0.1) is 16.8 Å². The van der Waals surface area contributed by atoms with Crippen molar-refractivity contribution in [1.82, 2.24) is 20.9 Å². The van der Waals surface area contributed by atoms with E-state index in [-0.39, 0.29) is 29.3 Å². The maximum Gasteiger partial charge on any atom is 0.268 e. The third kappa shape index (κ3) is 5.56. The van der Waals surface area contributed by atoms with Crippen molar-refractivity contribution in [3.8, 4) is 6.07 Å². The Labute approximate surface area is 195 Å². The Morgan fingerprint density at radius 3 is 2.76 bits per heavy atom. The van der Waals surface area contributed by atoms with Gasteiger partial charge in [-0.15, -0.1) is 11.6 Å². The van der Waals surface area contributed by atoms with Crippen LogP contribution in [0.25, 0.3) is 11.9 Å². The van der Waals surface area contributed by atoms with Crippen molar-refractivity contribution in [1.29, 1.82) is 5.26 Å². The van der Waals surface area contributed by atoms with Gasteiger partial charge in [0, 0.05) is 12.5 Å². The number of hydrogen-bond acceptors (Lipinski definition) is 4. The molecule has 4 atom stereocenters. The van der Waals surface area contributed by atoms with Crippen LogP contribution in [-0.2, 0) is 9.59 Å². The number of carbonyl (C=O) groups excluding carboxylic acids is 3. The van der Waals surface area contributed by atoms with Crippen molar-refractivity contribution >= 4 is 41.2 Å². The van der Waals surface area contributed by atoms with E-state index in [1.165, 1.54) is 0 Å². The SMILES string of the molecule is N#C[C@H](C[C@@H]1CCCNC1=O)NC(=O)[C@H](CC1CC1)NC(=O)c1cc2c([nH]1)=C(F)C(Cl)CC=2. The molecule has 10 heteroatoms. The molecule has 33 heavy (non-hydrogen) atoms. The molecule has 8 nitrogen and oxygen atoms in total. The topological polar surface area (TPSA) is 127 Å². The van der Waals surface area contributed by atoms with Gasteiger partial charge in [0.2, 0.25) is 11.8 Å². The zero-order valence-electron chi connectivity index (χ0n) is 18.1. The van der Waals surface area contributed by atoms with Crippen LogP contribution in [0.4, 0.5) is 4.39 Å². The van der Waals surface area contributed by atoms with Crippen LogP contribution >= 0.6 is 11.6 Å². The molecule has 2 fully saturated rings. The van der Waals surface area contributed by atoms with Gasteiger partial charge in [-0.1, -0.05) is 18.9 Å². The Morgan fingerprint density at radius 1 is 1.27 bits per heavy atom. The maximum atomic E-state index is 14.3. The van der Waals surface area contributed by atoms with Crippen LogP contribution < -0.4 is 26.5 Å². The summed E-state index contributed by atoms with van der Waals surface area (Å²) >= 11 is 5.95. The molecule has 1 unspecified atom stereocenters. The van der Waals surface area contributed by atoms with Crippen LogP contribution in [0.15, 0.2) is 6.07 Å². The summed E-state index contributed by atoms with van der Waals surface area (Å²) in [6, 6.07) is 1.94. The van der Waals surface area contributed by atoms with E-state index < -0.39 is 35.1 Å². The quantitative estimate of drug-likeness (QED) is 0.413. The van der Waals surface area contributed by atoms with E-state index in [0.717, 1.165) is 19.3 Å². The number of hydrogen-bond donors (Lipinski definition) is 4. The predicted octanol–water partition coefficient (Wildman–Crippen LogP) is 0.707. The van der Waals surface area contributed by atoms with E-state index in [9.17, 15) is 24.0 Å². The van der Waals surface area contributed by atoms with Crippen molar-refractivity contribution in [2.45, 2.75) is 62.4 Å². The second-order valence-electron chi connectivity index (χ2n) is 9.03. The third-order valence-corrected chi connectivity index (χ3v) is 6.80. The Morgan fingerprint density at radius 2 is 2.06 bits per heavy atom. The zero-order valence-corrected chi connectivity index (χ0v) is 18.9. The number of amides is 3. The molecule has 1 aromatic rings. The van der Waals surface area contributed by atoms with Gasteiger partial charge in [0.15, 0.2) is 0 Å². The number of carbonyl (C=O) groups is 3. The second kappa shape index (κ2) is 9.96. The van der Waals surface area contributed by atoms with Crippen LogP contribution in [0.1, 0.15) is 55.4 Å². The molecular formula is C23H27ClFN5O3. The molecule has 0 radical (unpaired) electrons. The second-order valence-corrected chi connectivity index (χ2v) is 9.56. The molecule has 1 saturated heterocycles. The van der Waals surface area contributed by atoms with Crippen LogP contribution in [0.2, 0.25) is 0 Å². The number of fused-ring (bicyclic) bond motifs is 1. The molecule has 1 aliphatic heterocycles. The van der Waals surface area contributed by atoms with Gasteiger partial charge < -0.3 is 20.9 Å². The van der Waals surface area contributed by atoms with Gasteiger partial charge in [0.1, 0.15) is 23.6 Å². The van der Waals surface area contributed by atoms with E-state index in [1.807, 2.05) is 0 Å². The minimum Gasteiger partial charge on any atom is -0.356 e. The lowest BCUT2D eigenvalue weighted by Gasteiger charge is -2.25. The number of rotatable bonds is 8. The van der Waals surface area contributed by atoms with Crippen LogP contribution in [0.3, 0.4) is 0 Å². The summed E-state index contributed by atoms with van der Waals surface area (Å²) in [7, 11) is 0. The fourth-order valence-electron chi connectivity index (χ4n) is 4.36. The number of aromatic amines is 1. The number of alkyl halides is 1. The van der Waals surface area contributed by atoms with Gasteiger partial charge in [-0.3, -0.25) is 14.4 Å². The number of aromatic nitrogens is 1. The molecular weight excluding hydrogens is 449 g/mol. The molecule has 1 saturated carbocycles. The first-order valence-electron chi connectivity index (χ1n) is 11.4. The number of nitrogens with one attached hydrogen (secondary N) is 4. The van der Waals surface area contributed by atoms with Crippen LogP contribution in [0, 0.1) is 23.2 Å². The fraction of sp³-hybridized carbons (Fsp3) is 0.565.